The summed E-state index contributed by atoms with van der Waals surface area (Å²) in [5.74, 6) is 0.409. The van der Waals surface area contributed by atoms with E-state index in [1.165, 1.54) is 4.68 Å². The van der Waals surface area contributed by atoms with Gasteiger partial charge in [0.05, 0.1) is 11.8 Å². The molecule has 5 rings (SSSR count). The Hall–Kier alpha value is -3.81. The van der Waals surface area contributed by atoms with E-state index in [2.05, 4.69) is 21.5 Å². The maximum atomic E-state index is 13.1. The number of amides is 1. The first-order chi connectivity index (χ1) is 15.1. The second kappa shape index (κ2) is 7.46. The summed E-state index contributed by atoms with van der Waals surface area (Å²) in [4.78, 5) is 29.3. The molecule has 8 heteroatoms. The number of hydrogen-bond donors (Lipinski definition) is 2. The van der Waals surface area contributed by atoms with Crippen molar-refractivity contribution in [2.24, 2.45) is 0 Å². The van der Waals surface area contributed by atoms with E-state index in [0.717, 1.165) is 22.0 Å². The number of nitrogens with zero attached hydrogens (tertiary/aromatic N) is 3. The second-order valence-corrected chi connectivity index (χ2v) is 7.66. The zero-order chi connectivity index (χ0) is 21.5. The molecule has 0 aliphatic heterocycles. The fraction of sp³-hybridized carbons (Fsp3) is 0.261. The molecule has 8 nitrogen and oxygen atoms in total. The summed E-state index contributed by atoms with van der Waals surface area (Å²) in [6.07, 6.45) is 4.71. The minimum Gasteiger partial charge on any atom is -0.463 e. The van der Waals surface area contributed by atoms with Crippen LogP contribution in [-0.4, -0.2) is 31.6 Å². The van der Waals surface area contributed by atoms with Crippen LogP contribution in [0.2, 0.25) is 0 Å². The Balaban J connectivity index is 1.38. The van der Waals surface area contributed by atoms with E-state index in [0.29, 0.717) is 36.3 Å². The molecule has 158 valence electrons. The molecule has 1 atom stereocenters. The van der Waals surface area contributed by atoms with Gasteiger partial charge in [0, 0.05) is 35.8 Å². The number of benzene rings is 1. The van der Waals surface area contributed by atoms with Gasteiger partial charge >= 0.3 is 0 Å². The van der Waals surface area contributed by atoms with E-state index < -0.39 is 6.04 Å². The third-order valence-corrected chi connectivity index (χ3v) is 5.78. The van der Waals surface area contributed by atoms with Crippen LogP contribution in [0, 0.1) is 6.92 Å². The Labute approximate surface area is 177 Å². The number of aromatic nitrogens is 4. The largest absolute Gasteiger partial charge is 0.463 e. The molecule has 0 bridgehead atoms. The predicted octanol–water partition coefficient (Wildman–Crippen LogP) is 3.34. The number of furan rings is 1. The number of aryl methyl sites for hydroxylation is 1. The highest BCUT2D eigenvalue weighted by atomic mass is 16.3. The minimum absolute atomic E-state index is 0.212. The van der Waals surface area contributed by atoms with Gasteiger partial charge in [-0.1, -0.05) is 25.1 Å². The third kappa shape index (κ3) is 3.11. The molecule has 4 aromatic heterocycles. The summed E-state index contributed by atoms with van der Waals surface area (Å²) in [5.41, 5.74) is 3.78. The molecule has 0 aliphatic carbocycles. The van der Waals surface area contributed by atoms with Gasteiger partial charge in [-0.15, -0.1) is 0 Å². The normalized spacial score (nSPS) is 12.7. The van der Waals surface area contributed by atoms with Crippen LogP contribution in [0.1, 0.15) is 30.8 Å². The zero-order valence-corrected chi connectivity index (χ0v) is 17.4. The van der Waals surface area contributed by atoms with E-state index in [9.17, 15) is 9.59 Å². The first-order valence-electron chi connectivity index (χ1n) is 10.4. The van der Waals surface area contributed by atoms with E-state index in [1.54, 1.807) is 22.8 Å². The standard InChI is InChI=1S/C23H23N5O3/c1-3-18(22(29)24-10-8-15-13-25-17-7-5-4-6-16(15)17)28-23(30)20-12-21-19(9-11-31-21)27(20)14(2)26-28/h4-7,9,11-13,18,25H,3,8,10H2,1-2H3,(H,24,29). The van der Waals surface area contributed by atoms with E-state index >= 15 is 0 Å². The van der Waals surface area contributed by atoms with E-state index in [1.807, 2.05) is 38.2 Å². The van der Waals surface area contributed by atoms with Crippen LogP contribution in [0.5, 0.6) is 0 Å². The number of carbonyl (C=O) groups is 1. The molecule has 0 saturated carbocycles. The Kier molecular flexibility index (Phi) is 4.62. The van der Waals surface area contributed by atoms with Gasteiger partial charge in [0.1, 0.15) is 17.4 Å². The molecule has 1 aromatic carbocycles. The van der Waals surface area contributed by atoms with Crippen LogP contribution in [0.3, 0.4) is 0 Å². The molecule has 0 fully saturated rings. The van der Waals surface area contributed by atoms with Crippen LogP contribution in [0.25, 0.3) is 27.5 Å². The van der Waals surface area contributed by atoms with Crippen molar-refractivity contribution in [1.29, 1.82) is 0 Å². The molecule has 4 heterocycles. The van der Waals surface area contributed by atoms with Gasteiger partial charge in [0.2, 0.25) is 5.91 Å². The minimum atomic E-state index is -0.680. The first kappa shape index (κ1) is 19.2. The number of nitrogens with one attached hydrogen (secondary N) is 2. The maximum absolute atomic E-state index is 13.1. The van der Waals surface area contributed by atoms with Crippen molar-refractivity contribution in [2.45, 2.75) is 32.7 Å². The summed E-state index contributed by atoms with van der Waals surface area (Å²) in [6.45, 7) is 4.17. The van der Waals surface area contributed by atoms with E-state index in [-0.39, 0.29) is 11.5 Å². The quantitative estimate of drug-likeness (QED) is 0.443. The van der Waals surface area contributed by atoms with Gasteiger partial charge in [-0.25, -0.2) is 4.68 Å². The number of aromatic amines is 1. The lowest BCUT2D eigenvalue weighted by atomic mass is 10.1. The highest BCUT2D eigenvalue weighted by molar-refractivity contribution is 5.84. The average molecular weight is 417 g/mol. The highest BCUT2D eigenvalue weighted by Crippen LogP contribution is 2.21. The van der Waals surface area contributed by atoms with Crippen LogP contribution in [-0.2, 0) is 11.2 Å². The second-order valence-electron chi connectivity index (χ2n) is 7.66. The van der Waals surface area contributed by atoms with Crippen molar-refractivity contribution in [3.05, 3.63) is 70.6 Å². The van der Waals surface area contributed by atoms with Crippen molar-refractivity contribution < 1.29 is 9.21 Å². The van der Waals surface area contributed by atoms with Crippen LogP contribution >= 0.6 is 0 Å². The lowest BCUT2D eigenvalue weighted by Gasteiger charge is -2.18. The number of H-pyrrole nitrogens is 1. The zero-order valence-electron chi connectivity index (χ0n) is 17.4. The maximum Gasteiger partial charge on any atom is 0.291 e. The summed E-state index contributed by atoms with van der Waals surface area (Å²) in [7, 11) is 0. The van der Waals surface area contributed by atoms with Crippen molar-refractivity contribution in [3.63, 3.8) is 0 Å². The highest BCUT2D eigenvalue weighted by Gasteiger charge is 2.23. The number of fused-ring (bicyclic) bond motifs is 4. The molecule has 5 aromatic rings. The Morgan fingerprint density at radius 1 is 1.26 bits per heavy atom. The number of hydrogen-bond acceptors (Lipinski definition) is 4. The smallest absolute Gasteiger partial charge is 0.291 e. The Bertz CT molecular complexity index is 1470. The first-order valence-corrected chi connectivity index (χ1v) is 10.4. The molecule has 0 saturated heterocycles. The lowest BCUT2D eigenvalue weighted by Crippen LogP contribution is -2.40. The molecule has 0 aliphatic rings. The van der Waals surface area contributed by atoms with Gasteiger partial charge in [0.15, 0.2) is 5.58 Å². The topological polar surface area (TPSA) is 97.3 Å². The van der Waals surface area contributed by atoms with Crippen molar-refractivity contribution >= 4 is 33.4 Å². The van der Waals surface area contributed by atoms with Crippen LogP contribution < -0.4 is 10.9 Å². The number of rotatable bonds is 6. The van der Waals surface area contributed by atoms with Gasteiger partial charge in [-0.3, -0.25) is 14.0 Å². The number of carbonyl (C=O) groups excluding carboxylic acids is 1. The van der Waals surface area contributed by atoms with Crippen LogP contribution in [0.4, 0.5) is 0 Å². The molecule has 31 heavy (non-hydrogen) atoms. The molecule has 0 spiro atoms. The Morgan fingerprint density at radius 2 is 2.10 bits per heavy atom. The van der Waals surface area contributed by atoms with Gasteiger partial charge < -0.3 is 14.7 Å². The van der Waals surface area contributed by atoms with Gasteiger partial charge in [-0.05, 0) is 31.4 Å². The third-order valence-electron chi connectivity index (χ3n) is 5.78. The summed E-state index contributed by atoms with van der Waals surface area (Å²) in [5, 5.41) is 8.58. The monoisotopic (exact) mass is 417 g/mol. The van der Waals surface area contributed by atoms with Gasteiger partial charge in [-0.2, -0.15) is 5.10 Å². The fourth-order valence-corrected chi connectivity index (χ4v) is 4.25. The molecule has 0 radical (unpaired) electrons. The lowest BCUT2D eigenvalue weighted by molar-refractivity contribution is -0.124. The summed E-state index contributed by atoms with van der Waals surface area (Å²) >= 11 is 0. The average Bonchev–Trinajstić information content (AvgIpc) is 3.47. The van der Waals surface area contributed by atoms with Crippen molar-refractivity contribution in [1.82, 2.24) is 24.5 Å². The van der Waals surface area contributed by atoms with Gasteiger partial charge in [0.25, 0.3) is 5.56 Å². The van der Waals surface area contributed by atoms with Crippen molar-refractivity contribution in [3.8, 4) is 0 Å². The predicted molar refractivity (Wildman–Crippen MR) is 118 cm³/mol. The fourth-order valence-electron chi connectivity index (χ4n) is 4.25. The molecular weight excluding hydrogens is 394 g/mol. The molecule has 2 N–H and O–H groups in total. The molecule has 1 unspecified atom stereocenters. The van der Waals surface area contributed by atoms with Crippen LogP contribution in [0.15, 0.2) is 58.1 Å². The molecule has 1 amide bonds. The summed E-state index contributed by atoms with van der Waals surface area (Å²) < 4.78 is 8.49. The van der Waals surface area contributed by atoms with Crippen molar-refractivity contribution in [2.75, 3.05) is 6.54 Å². The van der Waals surface area contributed by atoms with E-state index in [4.69, 9.17) is 4.42 Å². The SMILES string of the molecule is CCC(C(=O)NCCc1c[nH]c2ccccc12)n1nc(C)n2c(cc3occc32)c1=O. The molecular formula is C23H23N5O3. The summed E-state index contributed by atoms with van der Waals surface area (Å²) in [6, 6.07) is 10.9. The number of para-hydroxylation sites is 1. The Morgan fingerprint density at radius 3 is 2.94 bits per heavy atom.